The molecule has 168 valence electrons. The molecule has 6 heteroatoms. The van der Waals surface area contributed by atoms with Crippen molar-refractivity contribution >= 4 is 16.9 Å². The van der Waals surface area contributed by atoms with Gasteiger partial charge in [0.1, 0.15) is 22.8 Å². The second-order valence-corrected chi connectivity index (χ2v) is 7.68. The number of benzene rings is 3. The summed E-state index contributed by atoms with van der Waals surface area (Å²) in [5.41, 5.74) is 2.54. The van der Waals surface area contributed by atoms with Crippen LogP contribution < -0.4 is 20.2 Å². The number of hydrogen-bond donors (Lipinski definition) is 1. The van der Waals surface area contributed by atoms with Gasteiger partial charge in [0.05, 0.1) is 18.1 Å². The molecule has 1 unspecified atom stereocenters. The van der Waals surface area contributed by atoms with E-state index in [1.807, 2.05) is 54.6 Å². The molecule has 0 bridgehead atoms. The minimum Gasteiger partial charge on any atom is -0.496 e. The molecule has 1 aromatic heterocycles. The average Bonchev–Trinajstić information content (AvgIpc) is 2.83. The molecule has 0 spiro atoms. The Morgan fingerprint density at radius 2 is 1.76 bits per heavy atom. The predicted molar refractivity (Wildman–Crippen MR) is 128 cm³/mol. The van der Waals surface area contributed by atoms with E-state index in [0.717, 1.165) is 11.1 Å². The van der Waals surface area contributed by atoms with E-state index in [-0.39, 0.29) is 11.3 Å². The number of nitrogens with one attached hydrogen (secondary N) is 1. The number of methoxy groups -OCH3 is 1. The zero-order valence-corrected chi connectivity index (χ0v) is 18.8. The van der Waals surface area contributed by atoms with E-state index in [1.165, 1.54) is 0 Å². The molecule has 1 N–H and O–H groups in total. The Kier molecular flexibility index (Phi) is 6.45. The first-order valence-electron chi connectivity index (χ1n) is 10.7. The minimum atomic E-state index is -0.742. The molecule has 0 saturated heterocycles. The number of fused-ring (bicyclic) bond motifs is 1. The molecule has 0 fully saturated rings. The van der Waals surface area contributed by atoms with Gasteiger partial charge < -0.3 is 19.2 Å². The number of hydrogen-bond acceptors (Lipinski definition) is 5. The second-order valence-electron chi connectivity index (χ2n) is 7.68. The van der Waals surface area contributed by atoms with Gasteiger partial charge in [-0.15, -0.1) is 0 Å². The topological polar surface area (TPSA) is 77.8 Å². The molecule has 0 aliphatic heterocycles. The Morgan fingerprint density at radius 3 is 2.52 bits per heavy atom. The number of para-hydroxylation sites is 1. The highest BCUT2D eigenvalue weighted by Crippen LogP contribution is 2.26. The molecular formula is C27H25NO5. The van der Waals surface area contributed by atoms with E-state index in [1.54, 1.807) is 39.2 Å². The third-order valence-corrected chi connectivity index (χ3v) is 5.43. The van der Waals surface area contributed by atoms with Crippen molar-refractivity contribution in [1.82, 2.24) is 5.32 Å². The lowest BCUT2D eigenvalue weighted by molar-refractivity contribution is -0.127. The number of rotatable bonds is 7. The van der Waals surface area contributed by atoms with E-state index < -0.39 is 6.10 Å². The number of amides is 1. The van der Waals surface area contributed by atoms with Crippen LogP contribution in [0.25, 0.3) is 22.1 Å². The van der Waals surface area contributed by atoms with Gasteiger partial charge in [-0.1, -0.05) is 48.5 Å². The number of carbonyl (C=O) groups is 1. The maximum Gasteiger partial charge on any atom is 0.261 e. The summed E-state index contributed by atoms with van der Waals surface area (Å²) in [6.07, 6.45) is -0.742. The van der Waals surface area contributed by atoms with Gasteiger partial charge in [0.2, 0.25) is 5.43 Å². The molecule has 3 aromatic carbocycles. The van der Waals surface area contributed by atoms with Crippen molar-refractivity contribution in [2.45, 2.75) is 26.5 Å². The van der Waals surface area contributed by atoms with Gasteiger partial charge in [-0.3, -0.25) is 9.59 Å². The molecule has 1 amide bonds. The first-order valence-corrected chi connectivity index (χ1v) is 10.7. The van der Waals surface area contributed by atoms with Crippen molar-refractivity contribution in [3.8, 4) is 22.6 Å². The monoisotopic (exact) mass is 443 g/mol. The highest BCUT2D eigenvalue weighted by molar-refractivity contribution is 5.84. The Balaban J connectivity index is 1.50. The van der Waals surface area contributed by atoms with Crippen LogP contribution in [0.5, 0.6) is 11.5 Å². The third-order valence-electron chi connectivity index (χ3n) is 5.43. The maximum atomic E-state index is 13.1. The van der Waals surface area contributed by atoms with Gasteiger partial charge in [0.25, 0.3) is 5.91 Å². The van der Waals surface area contributed by atoms with Crippen molar-refractivity contribution in [2.75, 3.05) is 7.11 Å². The minimum absolute atomic E-state index is 0.103. The number of carbonyl (C=O) groups excluding carboxylic acids is 1. The standard InChI is InChI=1S/C27H25NO5/c1-17-25(19-9-5-4-6-10-19)26(29)22-14-13-21(15-24(22)33-17)32-18(2)27(30)28-16-20-11-7-8-12-23(20)31-3/h4-15,18H,16H2,1-3H3,(H,28,30). The van der Waals surface area contributed by atoms with Gasteiger partial charge in [0.15, 0.2) is 6.10 Å². The van der Waals surface area contributed by atoms with Crippen LogP contribution >= 0.6 is 0 Å². The SMILES string of the molecule is COc1ccccc1CNC(=O)C(C)Oc1ccc2c(=O)c(-c3ccccc3)c(C)oc2c1. The van der Waals surface area contributed by atoms with Gasteiger partial charge in [-0.2, -0.15) is 0 Å². The van der Waals surface area contributed by atoms with Gasteiger partial charge in [0, 0.05) is 18.2 Å². The second kappa shape index (κ2) is 9.61. The molecule has 1 heterocycles. The summed E-state index contributed by atoms with van der Waals surface area (Å²) in [4.78, 5) is 25.6. The highest BCUT2D eigenvalue weighted by Gasteiger charge is 2.17. The van der Waals surface area contributed by atoms with Crippen LogP contribution in [0.3, 0.4) is 0 Å². The fraction of sp³-hybridized carbons (Fsp3) is 0.185. The quantitative estimate of drug-likeness (QED) is 0.441. The lowest BCUT2D eigenvalue weighted by Crippen LogP contribution is -2.36. The van der Waals surface area contributed by atoms with Crippen LogP contribution in [-0.4, -0.2) is 19.1 Å². The smallest absolute Gasteiger partial charge is 0.261 e. The molecule has 4 rings (SSSR count). The molecule has 6 nitrogen and oxygen atoms in total. The summed E-state index contributed by atoms with van der Waals surface area (Å²) in [5.74, 6) is 1.41. The number of ether oxygens (including phenoxy) is 2. The molecule has 0 radical (unpaired) electrons. The van der Waals surface area contributed by atoms with E-state index in [9.17, 15) is 9.59 Å². The lowest BCUT2D eigenvalue weighted by Gasteiger charge is -2.16. The van der Waals surface area contributed by atoms with Crippen LogP contribution in [0.2, 0.25) is 0 Å². The van der Waals surface area contributed by atoms with Crippen LogP contribution in [-0.2, 0) is 11.3 Å². The predicted octanol–water partition coefficient (Wildman–Crippen LogP) is 4.86. The first kappa shape index (κ1) is 22.1. The largest absolute Gasteiger partial charge is 0.496 e. The third kappa shape index (κ3) is 4.75. The molecule has 0 saturated carbocycles. The maximum absolute atomic E-state index is 13.1. The Bertz CT molecular complexity index is 1340. The van der Waals surface area contributed by atoms with Crippen LogP contribution in [0, 0.1) is 6.92 Å². The van der Waals surface area contributed by atoms with Crippen molar-refractivity contribution in [1.29, 1.82) is 0 Å². The van der Waals surface area contributed by atoms with Crippen molar-refractivity contribution in [3.05, 3.63) is 94.3 Å². The van der Waals surface area contributed by atoms with Crippen LogP contribution in [0.15, 0.2) is 82.0 Å². The summed E-state index contributed by atoms with van der Waals surface area (Å²) >= 11 is 0. The zero-order chi connectivity index (χ0) is 23.4. The van der Waals surface area contributed by atoms with E-state index in [0.29, 0.717) is 40.3 Å². The van der Waals surface area contributed by atoms with Crippen LogP contribution in [0.4, 0.5) is 0 Å². The zero-order valence-electron chi connectivity index (χ0n) is 18.8. The molecule has 0 aliphatic rings. The molecule has 0 aliphatic carbocycles. The number of aryl methyl sites for hydroxylation is 1. The van der Waals surface area contributed by atoms with Crippen molar-refractivity contribution in [2.24, 2.45) is 0 Å². The van der Waals surface area contributed by atoms with Crippen LogP contribution in [0.1, 0.15) is 18.2 Å². The molecular weight excluding hydrogens is 418 g/mol. The molecule has 33 heavy (non-hydrogen) atoms. The van der Waals surface area contributed by atoms with Gasteiger partial charge in [-0.25, -0.2) is 0 Å². The first-order chi connectivity index (χ1) is 16.0. The summed E-state index contributed by atoms with van der Waals surface area (Å²) in [5, 5.41) is 3.32. The highest BCUT2D eigenvalue weighted by atomic mass is 16.5. The Morgan fingerprint density at radius 1 is 1.03 bits per heavy atom. The van der Waals surface area contributed by atoms with Crippen molar-refractivity contribution < 1.29 is 18.7 Å². The van der Waals surface area contributed by atoms with Gasteiger partial charge >= 0.3 is 0 Å². The van der Waals surface area contributed by atoms with E-state index in [2.05, 4.69) is 5.32 Å². The summed E-state index contributed by atoms with van der Waals surface area (Å²) in [6, 6.07) is 21.9. The summed E-state index contributed by atoms with van der Waals surface area (Å²) in [7, 11) is 1.59. The van der Waals surface area contributed by atoms with E-state index in [4.69, 9.17) is 13.9 Å². The average molecular weight is 443 g/mol. The Hall–Kier alpha value is -4.06. The molecule has 4 aromatic rings. The van der Waals surface area contributed by atoms with Crippen molar-refractivity contribution in [3.63, 3.8) is 0 Å². The molecule has 1 atom stereocenters. The summed E-state index contributed by atoms with van der Waals surface area (Å²) < 4.78 is 17.1. The summed E-state index contributed by atoms with van der Waals surface area (Å²) in [6.45, 7) is 3.76. The normalized spacial score (nSPS) is 11.7. The lowest BCUT2D eigenvalue weighted by atomic mass is 10.0. The fourth-order valence-electron chi connectivity index (χ4n) is 3.73. The fourth-order valence-corrected chi connectivity index (χ4v) is 3.73. The van der Waals surface area contributed by atoms with E-state index >= 15 is 0 Å². The van der Waals surface area contributed by atoms with Gasteiger partial charge in [-0.05, 0) is 37.6 Å². The Labute approximate surface area is 191 Å².